The lowest BCUT2D eigenvalue weighted by molar-refractivity contribution is 0.353. The second-order valence-corrected chi connectivity index (χ2v) is 8.54. The monoisotopic (exact) mass is 396 g/mol. The van der Waals surface area contributed by atoms with Gasteiger partial charge in [0.1, 0.15) is 11.3 Å². The molecule has 1 aliphatic carbocycles. The Hall–Kier alpha value is -2.91. The molecule has 0 saturated heterocycles. The average molecular weight is 397 g/mol. The molecule has 3 nitrogen and oxygen atoms in total. The number of nitrogens with zero attached hydrogens (tertiary/aromatic N) is 1. The lowest BCUT2D eigenvalue weighted by atomic mass is 9.90. The minimum Gasteiger partial charge on any atom is -0.459 e. The SMILES string of the molecule is Cc1cc(-c2ccc3oc4c(c3c2)CCCC4N[C@H](C)c2ccccc2)cc(C)n1. The van der Waals surface area contributed by atoms with Gasteiger partial charge >= 0.3 is 0 Å². The van der Waals surface area contributed by atoms with E-state index >= 15 is 0 Å². The lowest BCUT2D eigenvalue weighted by Crippen LogP contribution is -2.27. The van der Waals surface area contributed by atoms with Crippen LogP contribution in [0.1, 0.15) is 60.1 Å². The molecule has 1 aliphatic rings. The fourth-order valence-corrected chi connectivity index (χ4v) is 4.80. The van der Waals surface area contributed by atoms with Gasteiger partial charge in [0.2, 0.25) is 0 Å². The molecule has 2 aromatic carbocycles. The van der Waals surface area contributed by atoms with Crippen LogP contribution in [0.4, 0.5) is 0 Å². The number of rotatable bonds is 4. The van der Waals surface area contributed by atoms with Crippen molar-refractivity contribution in [2.75, 3.05) is 0 Å². The highest BCUT2D eigenvalue weighted by Gasteiger charge is 2.28. The molecule has 0 saturated carbocycles. The van der Waals surface area contributed by atoms with Gasteiger partial charge in [-0.3, -0.25) is 4.98 Å². The van der Waals surface area contributed by atoms with Crippen molar-refractivity contribution in [3.8, 4) is 11.1 Å². The molecule has 1 unspecified atom stereocenters. The van der Waals surface area contributed by atoms with Gasteiger partial charge in [-0.1, -0.05) is 36.4 Å². The summed E-state index contributed by atoms with van der Waals surface area (Å²) in [5.74, 6) is 1.12. The van der Waals surface area contributed by atoms with Crippen molar-refractivity contribution in [1.82, 2.24) is 10.3 Å². The Balaban J connectivity index is 1.50. The molecule has 2 atom stereocenters. The van der Waals surface area contributed by atoms with Crippen molar-refractivity contribution in [3.63, 3.8) is 0 Å². The average Bonchev–Trinajstić information content (AvgIpc) is 3.13. The molecule has 0 bridgehead atoms. The molecule has 152 valence electrons. The van der Waals surface area contributed by atoms with E-state index in [4.69, 9.17) is 4.42 Å². The molecule has 4 aromatic rings. The summed E-state index contributed by atoms with van der Waals surface area (Å²) >= 11 is 0. The van der Waals surface area contributed by atoms with Crippen molar-refractivity contribution in [2.45, 2.75) is 52.1 Å². The number of aromatic nitrogens is 1. The summed E-state index contributed by atoms with van der Waals surface area (Å²) in [6, 6.07) is 22.1. The molecular formula is C27H28N2O. The van der Waals surface area contributed by atoms with Crippen LogP contribution < -0.4 is 5.32 Å². The third-order valence-corrected chi connectivity index (χ3v) is 6.22. The first-order valence-corrected chi connectivity index (χ1v) is 10.9. The maximum Gasteiger partial charge on any atom is 0.134 e. The van der Waals surface area contributed by atoms with Gasteiger partial charge in [-0.2, -0.15) is 0 Å². The molecule has 3 heteroatoms. The van der Waals surface area contributed by atoms with Crippen molar-refractivity contribution in [3.05, 3.63) is 88.9 Å². The third-order valence-electron chi connectivity index (χ3n) is 6.22. The molecule has 1 N–H and O–H groups in total. The molecular weight excluding hydrogens is 368 g/mol. The van der Waals surface area contributed by atoms with Gasteiger partial charge < -0.3 is 9.73 Å². The van der Waals surface area contributed by atoms with E-state index in [2.05, 4.69) is 91.7 Å². The van der Waals surface area contributed by atoms with E-state index in [9.17, 15) is 0 Å². The molecule has 2 aromatic heterocycles. The lowest BCUT2D eigenvalue weighted by Gasteiger charge is -2.26. The van der Waals surface area contributed by atoms with E-state index in [0.717, 1.165) is 35.6 Å². The summed E-state index contributed by atoms with van der Waals surface area (Å²) < 4.78 is 6.40. The van der Waals surface area contributed by atoms with Crippen LogP contribution in [0.15, 0.2) is 65.1 Å². The smallest absolute Gasteiger partial charge is 0.134 e. The zero-order valence-corrected chi connectivity index (χ0v) is 17.9. The Kier molecular flexibility index (Phi) is 4.92. The number of nitrogens with one attached hydrogen (secondary N) is 1. The Bertz CT molecular complexity index is 1170. The van der Waals surface area contributed by atoms with Gasteiger partial charge in [0.05, 0.1) is 6.04 Å². The number of aryl methyl sites for hydroxylation is 3. The van der Waals surface area contributed by atoms with Gasteiger partial charge in [0, 0.05) is 28.4 Å². The van der Waals surface area contributed by atoms with Gasteiger partial charge in [0.15, 0.2) is 0 Å². The topological polar surface area (TPSA) is 38.1 Å². The molecule has 0 aliphatic heterocycles. The normalized spacial score (nSPS) is 17.1. The summed E-state index contributed by atoms with van der Waals surface area (Å²) in [4.78, 5) is 4.52. The van der Waals surface area contributed by atoms with Crippen LogP contribution >= 0.6 is 0 Å². The molecule has 30 heavy (non-hydrogen) atoms. The van der Waals surface area contributed by atoms with Crippen LogP contribution in [0.2, 0.25) is 0 Å². The van der Waals surface area contributed by atoms with Gasteiger partial charge in [0.25, 0.3) is 0 Å². The highest BCUT2D eigenvalue weighted by molar-refractivity contribution is 5.87. The van der Waals surface area contributed by atoms with Crippen molar-refractivity contribution >= 4 is 11.0 Å². The number of pyridine rings is 1. The number of benzene rings is 2. The first-order valence-electron chi connectivity index (χ1n) is 10.9. The number of fused-ring (bicyclic) bond motifs is 3. The molecule has 5 rings (SSSR count). The summed E-state index contributed by atoms with van der Waals surface area (Å²) in [5, 5.41) is 5.07. The Morgan fingerprint density at radius 1 is 0.967 bits per heavy atom. The van der Waals surface area contributed by atoms with Crippen LogP contribution in [0.3, 0.4) is 0 Å². The standard InChI is InChI=1S/C27H28N2O/c1-17-14-22(15-18(2)28-17)21-12-13-26-24(16-21)23-10-7-11-25(27(23)30-26)29-19(3)20-8-5-4-6-9-20/h4-6,8-9,12-16,19,25,29H,7,10-11H2,1-3H3/t19-,25?/m1/s1. The third kappa shape index (κ3) is 3.54. The number of furan rings is 1. The molecule has 0 radical (unpaired) electrons. The summed E-state index contributed by atoms with van der Waals surface area (Å²) in [7, 11) is 0. The molecule has 2 heterocycles. The van der Waals surface area contributed by atoms with Crippen LogP contribution in [-0.4, -0.2) is 4.98 Å². The van der Waals surface area contributed by atoms with Crippen LogP contribution in [0.25, 0.3) is 22.1 Å². The van der Waals surface area contributed by atoms with Crippen LogP contribution in [0.5, 0.6) is 0 Å². The first kappa shape index (κ1) is 19.1. The predicted molar refractivity (Wildman–Crippen MR) is 123 cm³/mol. The zero-order valence-electron chi connectivity index (χ0n) is 17.9. The summed E-state index contributed by atoms with van der Waals surface area (Å²) in [5.41, 5.74) is 8.24. The predicted octanol–water partition coefficient (Wildman–Crippen LogP) is 6.84. The van der Waals surface area contributed by atoms with Gasteiger partial charge in [-0.15, -0.1) is 0 Å². The molecule has 0 fully saturated rings. The van der Waals surface area contributed by atoms with Gasteiger partial charge in [-0.25, -0.2) is 0 Å². The van der Waals surface area contributed by atoms with E-state index in [-0.39, 0.29) is 12.1 Å². The van der Waals surface area contributed by atoms with Crippen molar-refractivity contribution in [1.29, 1.82) is 0 Å². The minimum absolute atomic E-state index is 0.255. The largest absolute Gasteiger partial charge is 0.459 e. The molecule has 0 amide bonds. The van der Waals surface area contributed by atoms with Crippen LogP contribution in [0, 0.1) is 13.8 Å². The van der Waals surface area contributed by atoms with Crippen molar-refractivity contribution in [2.24, 2.45) is 0 Å². The Morgan fingerprint density at radius 3 is 2.50 bits per heavy atom. The fourth-order valence-electron chi connectivity index (χ4n) is 4.80. The van der Waals surface area contributed by atoms with E-state index in [1.807, 2.05) is 0 Å². The van der Waals surface area contributed by atoms with E-state index in [1.165, 1.54) is 34.1 Å². The number of hydrogen-bond donors (Lipinski definition) is 1. The maximum atomic E-state index is 6.40. The van der Waals surface area contributed by atoms with Crippen LogP contribution in [-0.2, 0) is 6.42 Å². The minimum atomic E-state index is 0.255. The van der Waals surface area contributed by atoms with Crippen molar-refractivity contribution < 1.29 is 4.42 Å². The number of hydrogen-bond acceptors (Lipinski definition) is 3. The zero-order chi connectivity index (χ0) is 20.7. The maximum absolute atomic E-state index is 6.40. The first-order chi connectivity index (χ1) is 14.6. The quantitative estimate of drug-likeness (QED) is 0.410. The Morgan fingerprint density at radius 2 is 1.73 bits per heavy atom. The summed E-state index contributed by atoms with van der Waals surface area (Å²) in [6.07, 6.45) is 3.37. The van der Waals surface area contributed by atoms with E-state index < -0.39 is 0 Å². The highest BCUT2D eigenvalue weighted by Crippen LogP contribution is 2.39. The highest BCUT2D eigenvalue weighted by atomic mass is 16.3. The van der Waals surface area contributed by atoms with Gasteiger partial charge in [-0.05, 0) is 81.0 Å². The fraction of sp³-hybridized carbons (Fsp3) is 0.296. The van der Waals surface area contributed by atoms with E-state index in [1.54, 1.807) is 0 Å². The molecule has 0 spiro atoms. The Labute approximate surface area is 178 Å². The second-order valence-electron chi connectivity index (χ2n) is 8.54. The summed E-state index contributed by atoms with van der Waals surface area (Å²) in [6.45, 7) is 6.34. The second kappa shape index (κ2) is 7.73. The van der Waals surface area contributed by atoms with E-state index in [0.29, 0.717) is 0 Å².